The Labute approximate surface area is 114 Å². The molecule has 0 spiro atoms. The molecule has 1 atom stereocenters. The molecule has 0 N–H and O–H groups in total. The minimum Gasteiger partial charge on any atom is -0.465 e. The van der Waals surface area contributed by atoms with E-state index in [-0.39, 0.29) is 12.5 Å². The quantitative estimate of drug-likeness (QED) is 0.361. The van der Waals surface area contributed by atoms with Crippen molar-refractivity contribution < 1.29 is 19.2 Å². The molecule has 0 fully saturated rings. The molecule has 19 heavy (non-hydrogen) atoms. The van der Waals surface area contributed by atoms with E-state index < -0.39 is 11.9 Å². The Bertz CT molecular complexity index is 325. The Morgan fingerprint density at radius 3 is 2.53 bits per heavy atom. The molecule has 0 aromatic rings. The number of unbranched alkanes of at least 4 members (excludes halogenated alkanes) is 2. The Hall–Kier alpha value is -1.61. The van der Waals surface area contributed by atoms with Crippen molar-refractivity contribution in [3.63, 3.8) is 0 Å². The van der Waals surface area contributed by atoms with E-state index >= 15 is 0 Å². The number of carbonyl (C=O) groups is 2. The summed E-state index contributed by atoms with van der Waals surface area (Å²) in [6.07, 6.45) is 3.11. The second-order valence-corrected chi connectivity index (χ2v) is 4.11. The largest absolute Gasteiger partial charge is 0.465 e. The molecular formula is C13H22N2O4. The van der Waals surface area contributed by atoms with Gasteiger partial charge in [0.05, 0.1) is 19.8 Å². The predicted octanol–water partition coefficient (Wildman–Crippen LogP) is 1.66. The number of hydrogen-bond acceptors (Lipinski definition) is 5. The fourth-order valence-electron chi connectivity index (χ4n) is 1.54. The number of hydroxylamine groups is 2. The number of rotatable bonds is 9. The Balaban J connectivity index is 3.76. The average molecular weight is 270 g/mol. The predicted molar refractivity (Wildman–Crippen MR) is 68.6 cm³/mol. The molecule has 0 heterocycles. The van der Waals surface area contributed by atoms with Crippen LogP contribution in [0.5, 0.6) is 0 Å². The molecule has 0 aromatic carbocycles. The van der Waals surface area contributed by atoms with E-state index in [1.54, 1.807) is 14.0 Å². The summed E-state index contributed by atoms with van der Waals surface area (Å²) in [6, 6.07) is 1.94. The van der Waals surface area contributed by atoms with Gasteiger partial charge in [0.2, 0.25) is 5.91 Å². The number of nitrogens with zero attached hydrogens (tertiary/aromatic N) is 2. The zero-order valence-corrected chi connectivity index (χ0v) is 11.8. The molecule has 6 nitrogen and oxygen atoms in total. The summed E-state index contributed by atoms with van der Waals surface area (Å²) in [4.78, 5) is 27.5. The maximum absolute atomic E-state index is 11.4. The number of carbonyl (C=O) groups excluding carboxylic acids is 2. The van der Waals surface area contributed by atoms with Crippen LogP contribution in [0.1, 0.15) is 39.0 Å². The van der Waals surface area contributed by atoms with Crippen LogP contribution in [0.2, 0.25) is 0 Å². The van der Waals surface area contributed by atoms with E-state index in [4.69, 9.17) is 14.8 Å². The highest BCUT2D eigenvalue weighted by molar-refractivity contribution is 5.75. The van der Waals surface area contributed by atoms with Crippen molar-refractivity contribution in [1.29, 1.82) is 5.26 Å². The summed E-state index contributed by atoms with van der Waals surface area (Å²) in [5.74, 6) is -1.23. The van der Waals surface area contributed by atoms with Gasteiger partial charge in [-0.05, 0) is 19.8 Å². The molecule has 0 aliphatic rings. The summed E-state index contributed by atoms with van der Waals surface area (Å²) in [6.45, 7) is 2.00. The Morgan fingerprint density at radius 2 is 2.00 bits per heavy atom. The van der Waals surface area contributed by atoms with Gasteiger partial charge in [-0.15, -0.1) is 0 Å². The van der Waals surface area contributed by atoms with E-state index in [9.17, 15) is 9.59 Å². The van der Waals surface area contributed by atoms with Crippen LogP contribution in [-0.2, 0) is 19.2 Å². The highest BCUT2D eigenvalue weighted by atomic mass is 16.7. The standard InChI is InChI=1S/C13H22N2O4/c1-4-19-13(17)11(10-14)8-6-5-7-9-12(16)15(2)18-3/h11H,4-9H2,1-3H3. The van der Waals surface area contributed by atoms with Crippen LogP contribution >= 0.6 is 0 Å². The molecule has 1 unspecified atom stereocenters. The van der Waals surface area contributed by atoms with E-state index in [0.717, 1.165) is 12.8 Å². The average Bonchev–Trinajstić information content (AvgIpc) is 2.41. The molecule has 6 heteroatoms. The van der Waals surface area contributed by atoms with Gasteiger partial charge in [-0.25, -0.2) is 5.06 Å². The fraction of sp³-hybridized carbons (Fsp3) is 0.769. The third kappa shape index (κ3) is 7.42. The van der Waals surface area contributed by atoms with Crippen molar-refractivity contribution in [1.82, 2.24) is 5.06 Å². The van der Waals surface area contributed by atoms with Gasteiger partial charge in [0.1, 0.15) is 5.92 Å². The number of nitriles is 1. The maximum atomic E-state index is 11.4. The summed E-state index contributed by atoms with van der Waals surface area (Å²) in [5, 5.41) is 10.0. The zero-order chi connectivity index (χ0) is 14.7. The number of esters is 1. The summed E-state index contributed by atoms with van der Waals surface area (Å²) < 4.78 is 4.80. The fourth-order valence-corrected chi connectivity index (χ4v) is 1.54. The second-order valence-electron chi connectivity index (χ2n) is 4.11. The smallest absolute Gasteiger partial charge is 0.323 e. The van der Waals surface area contributed by atoms with Gasteiger partial charge in [-0.2, -0.15) is 5.26 Å². The first-order valence-electron chi connectivity index (χ1n) is 6.43. The molecule has 0 aliphatic carbocycles. The van der Waals surface area contributed by atoms with E-state index in [0.29, 0.717) is 19.3 Å². The minimum absolute atomic E-state index is 0.0790. The summed E-state index contributed by atoms with van der Waals surface area (Å²) >= 11 is 0. The van der Waals surface area contributed by atoms with Gasteiger partial charge in [0, 0.05) is 13.5 Å². The monoisotopic (exact) mass is 270 g/mol. The van der Waals surface area contributed by atoms with Gasteiger partial charge in [0.15, 0.2) is 0 Å². The molecule has 1 amide bonds. The van der Waals surface area contributed by atoms with Crippen molar-refractivity contribution in [3.8, 4) is 6.07 Å². The molecule has 108 valence electrons. The molecular weight excluding hydrogens is 248 g/mol. The molecule has 0 aromatic heterocycles. The molecule has 0 saturated carbocycles. The molecule has 0 saturated heterocycles. The van der Waals surface area contributed by atoms with Crippen LogP contribution in [0, 0.1) is 17.2 Å². The van der Waals surface area contributed by atoms with Crippen LogP contribution < -0.4 is 0 Å². The molecule has 0 radical (unpaired) electrons. The maximum Gasteiger partial charge on any atom is 0.323 e. The first-order chi connectivity index (χ1) is 9.06. The summed E-state index contributed by atoms with van der Waals surface area (Å²) in [5.41, 5.74) is 0. The van der Waals surface area contributed by atoms with Crippen molar-refractivity contribution in [2.24, 2.45) is 5.92 Å². The van der Waals surface area contributed by atoms with Gasteiger partial charge in [0.25, 0.3) is 0 Å². The van der Waals surface area contributed by atoms with Crippen LogP contribution in [0.4, 0.5) is 0 Å². The molecule has 0 bridgehead atoms. The molecule has 0 rings (SSSR count). The van der Waals surface area contributed by atoms with Gasteiger partial charge < -0.3 is 4.74 Å². The van der Waals surface area contributed by atoms with Crippen LogP contribution in [0.15, 0.2) is 0 Å². The first kappa shape index (κ1) is 17.4. The molecule has 0 aliphatic heterocycles. The van der Waals surface area contributed by atoms with Crippen molar-refractivity contribution >= 4 is 11.9 Å². The van der Waals surface area contributed by atoms with Crippen LogP contribution in [0.25, 0.3) is 0 Å². The number of amides is 1. The third-order valence-electron chi connectivity index (χ3n) is 2.74. The van der Waals surface area contributed by atoms with Gasteiger partial charge in [-0.1, -0.05) is 12.8 Å². The van der Waals surface area contributed by atoms with Gasteiger partial charge in [-0.3, -0.25) is 14.4 Å². The van der Waals surface area contributed by atoms with E-state index in [1.807, 2.05) is 6.07 Å². The zero-order valence-electron chi connectivity index (χ0n) is 11.8. The van der Waals surface area contributed by atoms with E-state index in [2.05, 4.69) is 0 Å². The Kier molecular flexibility index (Phi) is 9.45. The lowest BCUT2D eigenvalue weighted by atomic mass is 10.0. The first-order valence-corrected chi connectivity index (χ1v) is 6.43. The van der Waals surface area contributed by atoms with Crippen molar-refractivity contribution in [2.45, 2.75) is 39.0 Å². The minimum atomic E-state index is -0.697. The third-order valence-corrected chi connectivity index (χ3v) is 2.74. The normalized spacial score (nSPS) is 11.5. The van der Waals surface area contributed by atoms with Crippen molar-refractivity contribution in [2.75, 3.05) is 20.8 Å². The number of ether oxygens (including phenoxy) is 1. The Morgan fingerprint density at radius 1 is 1.32 bits per heavy atom. The van der Waals surface area contributed by atoms with E-state index in [1.165, 1.54) is 12.2 Å². The second kappa shape index (κ2) is 10.3. The van der Waals surface area contributed by atoms with Gasteiger partial charge >= 0.3 is 5.97 Å². The summed E-state index contributed by atoms with van der Waals surface area (Å²) in [7, 11) is 3.00. The highest BCUT2D eigenvalue weighted by Gasteiger charge is 2.18. The van der Waals surface area contributed by atoms with Crippen LogP contribution in [-0.4, -0.2) is 37.7 Å². The van der Waals surface area contributed by atoms with Crippen molar-refractivity contribution in [3.05, 3.63) is 0 Å². The number of hydrogen-bond donors (Lipinski definition) is 0. The lowest BCUT2D eigenvalue weighted by Crippen LogP contribution is -2.24. The lowest BCUT2D eigenvalue weighted by molar-refractivity contribution is -0.168. The SMILES string of the molecule is CCOC(=O)C(C#N)CCCCCC(=O)N(C)OC. The topological polar surface area (TPSA) is 79.6 Å². The highest BCUT2D eigenvalue weighted by Crippen LogP contribution is 2.12. The lowest BCUT2D eigenvalue weighted by Gasteiger charge is -2.13. The van der Waals surface area contributed by atoms with Crippen LogP contribution in [0.3, 0.4) is 0 Å².